The quantitative estimate of drug-likeness (QED) is 0.691. The summed E-state index contributed by atoms with van der Waals surface area (Å²) in [6.45, 7) is 2.24. The first-order valence-corrected chi connectivity index (χ1v) is 9.75. The van der Waals surface area contributed by atoms with Crippen LogP contribution in [0, 0.1) is 0 Å². The number of carbonyl (C=O) groups excluding carboxylic acids is 2. The molecule has 160 valence electrons. The van der Waals surface area contributed by atoms with E-state index in [1.165, 1.54) is 18.2 Å². The number of anilines is 2. The number of nitrogens with one attached hydrogen (secondary N) is 1. The van der Waals surface area contributed by atoms with E-state index in [0.29, 0.717) is 12.2 Å². The molecular formula is C22H23F3N2O3. The fourth-order valence-corrected chi connectivity index (χ4v) is 3.46. The minimum atomic E-state index is -4.47. The molecule has 1 N–H and O–H groups in total. The first-order chi connectivity index (χ1) is 14.3. The topological polar surface area (TPSA) is 58.6 Å². The van der Waals surface area contributed by atoms with Crippen LogP contribution in [0.4, 0.5) is 24.5 Å². The second-order valence-electron chi connectivity index (χ2n) is 7.26. The average molecular weight is 420 g/mol. The Labute approximate surface area is 172 Å². The van der Waals surface area contributed by atoms with Gasteiger partial charge in [0.2, 0.25) is 0 Å². The Morgan fingerprint density at radius 3 is 2.63 bits per heavy atom. The number of piperidine rings is 1. The molecule has 1 aliphatic heterocycles. The number of hydrogen-bond donors (Lipinski definition) is 1. The van der Waals surface area contributed by atoms with Gasteiger partial charge in [-0.25, -0.2) is 4.79 Å². The molecule has 3 rings (SSSR count). The van der Waals surface area contributed by atoms with E-state index in [2.05, 4.69) is 5.32 Å². The fraction of sp³-hybridized carbons (Fsp3) is 0.364. The van der Waals surface area contributed by atoms with Crippen molar-refractivity contribution in [3.63, 3.8) is 0 Å². The van der Waals surface area contributed by atoms with Gasteiger partial charge in [0.15, 0.2) is 6.61 Å². The molecule has 5 nitrogen and oxygen atoms in total. The zero-order chi connectivity index (χ0) is 21.7. The summed E-state index contributed by atoms with van der Waals surface area (Å²) >= 11 is 0. The van der Waals surface area contributed by atoms with Crippen molar-refractivity contribution in [1.29, 1.82) is 0 Å². The number of carbonyl (C=O) groups is 2. The number of ether oxygens (including phenoxy) is 1. The van der Waals surface area contributed by atoms with Gasteiger partial charge in [-0.3, -0.25) is 4.79 Å². The Hall–Kier alpha value is -3.03. The highest BCUT2D eigenvalue weighted by atomic mass is 19.4. The van der Waals surface area contributed by atoms with Crippen LogP contribution in [0.2, 0.25) is 0 Å². The molecule has 1 aliphatic rings. The van der Waals surface area contributed by atoms with Crippen LogP contribution in [0.3, 0.4) is 0 Å². The van der Waals surface area contributed by atoms with Crippen molar-refractivity contribution >= 4 is 23.3 Å². The Kier molecular flexibility index (Phi) is 6.64. The molecule has 1 heterocycles. The molecular weight excluding hydrogens is 397 g/mol. The van der Waals surface area contributed by atoms with E-state index in [1.807, 2.05) is 6.92 Å². The normalized spacial score (nSPS) is 16.8. The largest absolute Gasteiger partial charge is 0.452 e. The van der Waals surface area contributed by atoms with E-state index in [9.17, 15) is 22.8 Å². The molecule has 8 heteroatoms. The number of amides is 1. The molecule has 1 fully saturated rings. The molecule has 30 heavy (non-hydrogen) atoms. The Morgan fingerprint density at radius 1 is 1.13 bits per heavy atom. The highest BCUT2D eigenvalue weighted by Crippen LogP contribution is 2.32. The van der Waals surface area contributed by atoms with Crippen molar-refractivity contribution in [3.05, 3.63) is 59.7 Å². The number of para-hydroxylation sites is 1. The number of benzene rings is 2. The van der Waals surface area contributed by atoms with E-state index < -0.39 is 17.7 Å². The van der Waals surface area contributed by atoms with Crippen molar-refractivity contribution in [2.75, 3.05) is 18.5 Å². The van der Waals surface area contributed by atoms with Gasteiger partial charge in [-0.15, -0.1) is 0 Å². The molecule has 0 unspecified atom stereocenters. The maximum absolute atomic E-state index is 12.9. The van der Waals surface area contributed by atoms with E-state index in [0.717, 1.165) is 31.4 Å². The van der Waals surface area contributed by atoms with Crippen molar-refractivity contribution in [3.8, 4) is 0 Å². The van der Waals surface area contributed by atoms with Crippen LogP contribution in [0.1, 0.15) is 42.1 Å². The van der Waals surface area contributed by atoms with Gasteiger partial charge in [-0.05, 0) is 56.5 Å². The van der Waals surface area contributed by atoms with Crippen LogP contribution in [-0.2, 0) is 15.7 Å². The molecule has 0 bridgehead atoms. The highest BCUT2D eigenvalue weighted by molar-refractivity contribution is 5.97. The van der Waals surface area contributed by atoms with Crippen molar-refractivity contribution < 1.29 is 27.5 Å². The van der Waals surface area contributed by atoms with Gasteiger partial charge in [0, 0.05) is 18.3 Å². The summed E-state index contributed by atoms with van der Waals surface area (Å²) in [7, 11) is 0. The van der Waals surface area contributed by atoms with Gasteiger partial charge in [0.1, 0.15) is 0 Å². The van der Waals surface area contributed by atoms with Crippen LogP contribution in [0.15, 0.2) is 48.5 Å². The standard InChI is InChI=1S/C22H23F3N2O3/c1-15-7-4-5-12-27(15)20(28)14-30-21(29)18-10-2-3-11-19(18)26-17-9-6-8-16(13-17)22(23,24)25/h2-3,6,8-11,13,15,26H,4-5,7,12,14H2,1H3/t15-/m1/s1. The molecule has 0 aromatic heterocycles. The summed E-state index contributed by atoms with van der Waals surface area (Å²) in [5.41, 5.74) is -0.188. The van der Waals surface area contributed by atoms with Crippen LogP contribution in [-0.4, -0.2) is 36.0 Å². The van der Waals surface area contributed by atoms with Gasteiger partial charge in [-0.2, -0.15) is 13.2 Å². The number of rotatable bonds is 5. The first kappa shape index (κ1) is 21.7. The number of likely N-dealkylation sites (tertiary alicyclic amines) is 1. The number of alkyl halides is 3. The van der Waals surface area contributed by atoms with Gasteiger partial charge in [-0.1, -0.05) is 18.2 Å². The lowest BCUT2D eigenvalue weighted by Gasteiger charge is -2.33. The maximum Gasteiger partial charge on any atom is 0.416 e. The van der Waals surface area contributed by atoms with Gasteiger partial charge in [0.05, 0.1) is 16.8 Å². The third kappa shape index (κ3) is 5.31. The van der Waals surface area contributed by atoms with Crippen LogP contribution >= 0.6 is 0 Å². The molecule has 0 saturated carbocycles. The lowest BCUT2D eigenvalue weighted by atomic mass is 10.0. The second-order valence-corrected chi connectivity index (χ2v) is 7.26. The predicted molar refractivity (Wildman–Crippen MR) is 106 cm³/mol. The molecule has 1 amide bonds. The van der Waals surface area contributed by atoms with Crippen molar-refractivity contribution in [2.45, 2.75) is 38.4 Å². The molecule has 0 spiro atoms. The second kappa shape index (κ2) is 9.19. The first-order valence-electron chi connectivity index (χ1n) is 9.75. The number of hydrogen-bond acceptors (Lipinski definition) is 4. The highest BCUT2D eigenvalue weighted by Gasteiger charge is 2.30. The predicted octanol–water partition coefficient (Wildman–Crippen LogP) is 5.01. The smallest absolute Gasteiger partial charge is 0.416 e. The molecule has 2 aromatic rings. The SMILES string of the molecule is C[C@@H]1CCCCN1C(=O)COC(=O)c1ccccc1Nc1cccc(C(F)(F)F)c1. The summed E-state index contributed by atoms with van der Waals surface area (Å²) in [6, 6.07) is 11.1. The molecule has 0 aliphatic carbocycles. The summed E-state index contributed by atoms with van der Waals surface area (Å²) in [6.07, 6.45) is -1.56. The Bertz CT molecular complexity index is 914. The Balaban J connectivity index is 1.69. The molecule has 0 radical (unpaired) electrons. The zero-order valence-corrected chi connectivity index (χ0v) is 16.5. The van der Waals surface area contributed by atoms with Gasteiger partial charge < -0.3 is 15.0 Å². The van der Waals surface area contributed by atoms with Gasteiger partial charge in [0.25, 0.3) is 5.91 Å². The summed E-state index contributed by atoms with van der Waals surface area (Å²) in [4.78, 5) is 26.6. The maximum atomic E-state index is 12.9. The van der Waals surface area contributed by atoms with Crippen molar-refractivity contribution in [1.82, 2.24) is 4.90 Å². The molecule has 1 atom stereocenters. The molecule has 1 saturated heterocycles. The van der Waals surface area contributed by atoms with E-state index in [-0.39, 0.29) is 29.8 Å². The third-order valence-electron chi connectivity index (χ3n) is 5.07. The third-order valence-corrected chi connectivity index (χ3v) is 5.07. The van der Waals surface area contributed by atoms with Crippen LogP contribution < -0.4 is 5.32 Å². The van der Waals surface area contributed by atoms with E-state index in [4.69, 9.17) is 4.74 Å². The average Bonchev–Trinajstić information content (AvgIpc) is 2.72. The minimum absolute atomic E-state index is 0.111. The summed E-state index contributed by atoms with van der Waals surface area (Å²) < 4.78 is 44.0. The van der Waals surface area contributed by atoms with E-state index in [1.54, 1.807) is 23.1 Å². The number of esters is 1. The molecule has 2 aromatic carbocycles. The lowest BCUT2D eigenvalue weighted by molar-refractivity contribution is -0.138. The van der Waals surface area contributed by atoms with Crippen LogP contribution in [0.5, 0.6) is 0 Å². The zero-order valence-electron chi connectivity index (χ0n) is 16.5. The number of nitrogens with zero attached hydrogens (tertiary/aromatic N) is 1. The fourth-order valence-electron chi connectivity index (χ4n) is 3.46. The number of halogens is 3. The van der Waals surface area contributed by atoms with Gasteiger partial charge >= 0.3 is 12.1 Å². The Morgan fingerprint density at radius 2 is 1.90 bits per heavy atom. The van der Waals surface area contributed by atoms with E-state index >= 15 is 0 Å². The monoisotopic (exact) mass is 420 g/mol. The summed E-state index contributed by atoms with van der Waals surface area (Å²) in [5.74, 6) is -0.970. The lowest BCUT2D eigenvalue weighted by Crippen LogP contribution is -2.44. The minimum Gasteiger partial charge on any atom is -0.452 e. The van der Waals surface area contributed by atoms with Crippen LogP contribution in [0.25, 0.3) is 0 Å². The summed E-state index contributed by atoms with van der Waals surface area (Å²) in [5, 5.41) is 2.83. The van der Waals surface area contributed by atoms with Crippen molar-refractivity contribution in [2.24, 2.45) is 0 Å².